The topological polar surface area (TPSA) is 29.0 Å². The SMILES string of the molecule is Fc1ccc(N2CCCC(Cc3cccnc3)C2)nc1. The predicted molar refractivity (Wildman–Crippen MR) is 77.1 cm³/mol. The Kier molecular flexibility index (Phi) is 3.90. The molecule has 0 spiro atoms. The molecule has 0 aliphatic carbocycles. The van der Waals surface area contributed by atoms with Crippen LogP contribution in [0.2, 0.25) is 0 Å². The summed E-state index contributed by atoms with van der Waals surface area (Å²) in [5.41, 5.74) is 1.28. The minimum atomic E-state index is -0.280. The van der Waals surface area contributed by atoms with Crippen LogP contribution in [-0.4, -0.2) is 23.1 Å². The molecule has 3 heterocycles. The molecule has 104 valence electrons. The molecule has 2 aromatic heterocycles. The fourth-order valence-electron chi connectivity index (χ4n) is 2.85. The smallest absolute Gasteiger partial charge is 0.141 e. The molecule has 4 heteroatoms. The molecular formula is C16H18FN3. The molecule has 0 bridgehead atoms. The van der Waals surface area contributed by atoms with E-state index in [1.54, 1.807) is 12.3 Å². The Bertz CT molecular complexity index is 541. The standard InChI is InChI=1S/C16H18FN3/c17-15-5-6-16(19-11-15)20-8-2-4-14(12-20)9-13-3-1-7-18-10-13/h1,3,5-7,10-11,14H,2,4,8-9,12H2. The molecular weight excluding hydrogens is 253 g/mol. The van der Waals surface area contributed by atoms with Crippen molar-refractivity contribution in [2.75, 3.05) is 18.0 Å². The van der Waals surface area contributed by atoms with E-state index in [4.69, 9.17) is 0 Å². The van der Waals surface area contributed by atoms with Gasteiger partial charge in [0.15, 0.2) is 0 Å². The first-order chi connectivity index (χ1) is 9.81. The van der Waals surface area contributed by atoms with Crippen molar-refractivity contribution in [3.63, 3.8) is 0 Å². The quantitative estimate of drug-likeness (QED) is 0.859. The van der Waals surface area contributed by atoms with Crippen molar-refractivity contribution >= 4 is 5.82 Å². The highest BCUT2D eigenvalue weighted by Gasteiger charge is 2.21. The van der Waals surface area contributed by atoms with Gasteiger partial charge in [0.25, 0.3) is 0 Å². The van der Waals surface area contributed by atoms with Crippen molar-refractivity contribution in [2.24, 2.45) is 5.92 Å². The summed E-state index contributed by atoms with van der Waals surface area (Å²) in [6, 6.07) is 7.36. The molecule has 0 radical (unpaired) electrons. The van der Waals surface area contributed by atoms with Crippen LogP contribution in [0.25, 0.3) is 0 Å². The lowest BCUT2D eigenvalue weighted by molar-refractivity contribution is 0.411. The van der Waals surface area contributed by atoms with Crippen LogP contribution in [0.15, 0.2) is 42.9 Å². The summed E-state index contributed by atoms with van der Waals surface area (Å²) in [5, 5.41) is 0. The van der Waals surface area contributed by atoms with Crippen molar-refractivity contribution in [1.29, 1.82) is 0 Å². The molecule has 20 heavy (non-hydrogen) atoms. The van der Waals surface area contributed by atoms with E-state index in [-0.39, 0.29) is 5.82 Å². The molecule has 1 unspecified atom stereocenters. The number of aromatic nitrogens is 2. The van der Waals surface area contributed by atoms with Gasteiger partial charge in [-0.3, -0.25) is 4.98 Å². The minimum absolute atomic E-state index is 0.280. The maximum Gasteiger partial charge on any atom is 0.141 e. The van der Waals surface area contributed by atoms with E-state index in [0.717, 1.165) is 31.7 Å². The second-order valence-corrected chi connectivity index (χ2v) is 5.35. The van der Waals surface area contributed by atoms with Crippen molar-refractivity contribution < 1.29 is 4.39 Å². The Labute approximate surface area is 118 Å². The van der Waals surface area contributed by atoms with Crippen LogP contribution < -0.4 is 4.90 Å². The van der Waals surface area contributed by atoms with E-state index >= 15 is 0 Å². The number of rotatable bonds is 3. The molecule has 1 aliphatic rings. The van der Waals surface area contributed by atoms with Crippen molar-refractivity contribution in [3.8, 4) is 0 Å². The van der Waals surface area contributed by atoms with Gasteiger partial charge in [0, 0.05) is 25.5 Å². The minimum Gasteiger partial charge on any atom is -0.356 e. The molecule has 2 aromatic rings. The second-order valence-electron chi connectivity index (χ2n) is 5.35. The van der Waals surface area contributed by atoms with E-state index in [2.05, 4.69) is 20.9 Å². The van der Waals surface area contributed by atoms with Gasteiger partial charge >= 0.3 is 0 Å². The predicted octanol–water partition coefficient (Wildman–Crippen LogP) is 3.07. The van der Waals surface area contributed by atoms with Crippen molar-refractivity contribution in [1.82, 2.24) is 9.97 Å². The highest BCUT2D eigenvalue weighted by Crippen LogP contribution is 2.24. The maximum atomic E-state index is 12.9. The Hall–Kier alpha value is -1.97. The van der Waals surface area contributed by atoms with Gasteiger partial charge in [-0.15, -0.1) is 0 Å². The van der Waals surface area contributed by atoms with Gasteiger partial charge in [-0.25, -0.2) is 9.37 Å². The third-order valence-corrected chi connectivity index (χ3v) is 3.80. The van der Waals surface area contributed by atoms with Crippen LogP contribution in [0.1, 0.15) is 18.4 Å². The summed E-state index contributed by atoms with van der Waals surface area (Å²) in [5.74, 6) is 1.21. The number of hydrogen-bond acceptors (Lipinski definition) is 3. The van der Waals surface area contributed by atoms with Crippen molar-refractivity contribution in [2.45, 2.75) is 19.3 Å². The number of hydrogen-bond donors (Lipinski definition) is 0. The fourth-order valence-corrected chi connectivity index (χ4v) is 2.85. The van der Waals surface area contributed by atoms with Crippen LogP contribution in [0.5, 0.6) is 0 Å². The Morgan fingerprint density at radius 1 is 1.25 bits per heavy atom. The lowest BCUT2D eigenvalue weighted by atomic mass is 9.92. The van der Waals surface area contributed by atoms with Gasteiger partial charge < -0.3 is 4.90 Å². The zero-order valence-electron chi connectivity index (χ0n) is 11.4. The fraction of sp³-hybridized carbons (Fsp3) is 0.375. The van der Waals surface area contributed by atoms with Gasteiger partial charge in [0.05, 0.1) is 6.20 Å². The summed E-state index contributed by atoms with van der Waals surface area (Å²) in [6.07, 6.45) is 8.47. The molecule has 0 N–H and O–H groups in total. The first-order valence-corrected chi connectivity index (χ1v) is 7.06. The monoisotopic (exact) mass is 271 g/mol. The first kappa shape index (κ1) is 13.0. The van der Waals surface area contributed by atoms with E-state index in [1.807, 2.05) is 12.3 Å². The molecule has 1 saturated heterocycles. The number of nitrogens with zero attached hydrogens (tertiary/aromatic N) is 3. The molecule has 0 aromatic carbocycles. The second kappa shape index (κ2) is 5.99. The van der Waals surface area contributed by atoms with Gasteiger partial charge in [-0.2, -0.15) is 0 Å². The maximum absolute atomic E-state index is 12.9. The third-order valence-electron chi connectivity index (χ3n) is 3.80. The largest absolute Gasteiger partial charge is 0.356 e. The first-order valence-electron chi connectivity index (χ1n) is 7.06. The van der Waals surface area contributed by atoms with E-state index in [9.17, 15) is 4.39 Å². The highest BCUT2D eigenvalue weighted by molar-refractivity contribution is 5.38. The Morgan fingerprint density at radius 2 is 2.20 bits per heavy atom. The van der Waals surface area contributed by atoms with Gasteiger partial charge in [-0.1, -0.05) is 6.07 Å². The van der Waals surface area contributed by atoms with Crippen LogP contribution in [0, 0.1) is 11.7 Å². The summed E-state index contributed by atoms with van der Waals surface area (Å²) in [6.45, 7) is 1.98. The lowest BCUT2D eigenvalue weighted by Crippen LogP contribution is -2.36. The van der Waals surface area contributed by atoms with E-state index in [1.165, 1.54) is 24.2 Å². The molecule has 1 fully saturated rings. The van der Waals surface area contributed by atoms with Crippen LogP contribution in [0.4, 0.5) is 10.2 Å². The average Bonchev–Trinajstić information content (AvgIpc) is 2.49. The Balaban J connectivity index is 1.66. The van der Waals surface area contributed by atoms with Gasteiger partial charge in [0.1, 0.15) is 11.6 Å². The van der Waals surface area contributed by atoms with E-state index in [0.29, 0.717) is 5.92 Å². The number of anilines is 1. The summed E-state index contributed by atoms with van der Waals surface area (Å²) in [4.78, 5) is 10.6. The zero-order valence-corrected chi connectivity index (χ0v) is 11.4. The number of pyridine rings is 2. The molecule has 0 amide bonds. The molecule has 1 atom stereocenters. The van der Waals surface area contributed by atoms with Gasteiger partial charge in [-0.05, 0) is 48.9 Å². The highest BCUT2D eigenvalue weighted by atomic mass is 19.1. The van der Waals surface area contributed by atoms with Crippen LogP contribution in [-0.2, 0) is 6.42 Å². The van der Waals surface area contributed by atoms with Gasteiger partial charge in [0.2, 0.25) is 0 Å². The molecule has 3 rings (SSSR count). The third kappa shape index (κ3) is 3.13. The van der Waals surface area contributed by atoms with Crippen LogP contribution >= 0.6 is 0 Å². The van der Waals surface area contributed by atoms with Crippen LogP contribution in [0.3, 0.4) is 0 Å². The molecule has 3 nitrogen and oxygen atoms in total. The number of halogens is 1. The van der Waals surface area contributed by atoms with E-state index < -0.39 is 0 Å². The summed E-state index contributed by atoms with van der Waals surface area (Å²) >= 11 is 0. The molecule has 0 saturated carbocycles. The zero-order chi connectivity index (χ0) is 13.8. The normalized spacial score (nSPS) is 19.1. The Morgan fingerprint density at radius 3 is 2.95 bits per heavy atom. The summed E-state index contributed by atoms with van der Waals surface area (Å²) in [7, 11) is 0. The lowest BCUT2D eigenvalue weighted by Gasteiger charge is -2.33. The molecule has 1 aliphatic heterocycles. The number of piperidine rings is 1. The average molecular weight is 271 g/mol. The van der Waals surface area contributed by atoms with Crippen molar-refractivity contribution in [3.05, 3.63) is 54.2 Å². The summed E-state index contributed by atoms with van der Waals surface area (Å²) < 4.78 is 12.9.